The Morgan fingerprint density at radius 2 is 1.27 bits per heavy atom. The fraction of sp³-hybridized carbons (Fsp3) is 0.458. The summed E-state index contributed by atoms with van der Waals surface area (Å²) >= 11 is 0. The van der Waals surface area contributed by atoms with Crippen molar-refractivity contribution in [1.82, 2.24) is 0 Å². The van der Waals surface area contributed by atoms with Gasteiger partial charge in [-0.25, -0.2) is 0 Å². The first kappa shape index (κ1) is 35.4. The zero-order valence-electron chi connectivity index (χ0n) is 21.7. The highest BCUT2D eigenvalue weighted by molar-refractivity contribution is 7.87. The zero-order valence-corrected chi connectivity index (χ0v) is 23.3. The topological polar surface area (TPSA) is 195 Å². The number of carboxylic acids is 1. The van der Waals surface area contributed by atoms with Gasteiger partial charge < -0.3 is 25.8 Å². The molecule has 40 heavy (non-hydrogen) atoms. The van der Waals surface area contributed by atoms with Crippen LogP contribution in [0.25, 0.3) is 0 Å². The van der Waals surface area contributed by atoms with Gasteiger partial charge in [0, 0.05) is 6.42 Å². The van der Waals surface area contributed by atoms with E-state index in [1.165, 1.54) is 24.3 Å². The maximum atomic E-state index is 12.2. The van der Waals surface area contributed by atoms with Gasteiger partial charge in [-0.05, 0) is 51.0 Å². The standard InChI is InChI=1S/C22H31NO8S2.C2HF3O2/c1-16-6-10-18(11-7-16)32(26,27)30-14-4-3-5-20(23)22(25)21(24)15-31-33(28,29)19-12-8-17(2)9-13-19;3-2(4,5)1(6)7/h6-13,20-22,24-25H,3-5,14-15,23H2,1-2H3;(H,6,7)/t20-,21-,22-;/m0./s1. The van der Waals surface area contributed by atoms with E-state index in [0.717, 1.165) is 11.1 Å². The Bertz CT molecular complexity index is 1280. The summed E-state index contributed by atoms with van der Waals surface area (Å²) < 4.78 is 90.1. The molecule has 0 fully saturated rings. The third-order valence-corrected chi connectivity index (χ3v) is 7.95. The van der Waals surface area contributed by atoms with Gasteiger partial charge >= 0.3 is 6.18 Å². The Kier molecular flexibility index (Phi) is 13.7. The van der Waals surface area contributed by atoms with Crippen molar-refractivity contribution in [3.63, 3.8) is 0 Å². The molecule has 0 aliphatic heterocycles. The molecule has 0 amide bonds. The number of unbranched alkanes of at least 4 members (excludes halogenated alkanes) is 1. The molecule has 11 nitrogen and oxygen atoms in total. The lowest BCUT2D eigenvalue weighted by atomic mass is 10.0. The second-order valence-electron chi connectivity index (χ2n) is 8.74. The van der Waals surface area contributed by atoms with Crippen molar-refractivity contribution in [3.8, 4) is 0 Å². The van der Waals surface area contributed by atoms with Gasteiger partial charge in [0.2, 0.25) is 0 Å². The SMILES string of the molecule is Cc1ccc(S(=O)(=O)OCCCC[C@H]([NH3+])[C@H](O)[C@@H](O)COS(=O)(=O)c2ccc(C)cc2)cc1.O=C([O-])C(F)(F)F. The van der Waals surface area contributed by atoms with Crippen LogP contribution >= 0.6 is 0 Å². The summed E-state index contributed by atoms with van der Waals surface area (Å²) in [6.45, 7) is 3.04. The van der Waals surface area contributed by atoms with E-state index in [-0.39, 0.29) is 16.4 Å². The first-order valence-corrected chi connectivity index (χ1v) is 14.6. The van der Waals surface area contributed by atoms with Gasteiger partial charge in [-0.2, -0.15) is 30.0 Å². The summed E-state index contributed by atoms with van der Waals surface area (Å²) in [6.07, 6.45) is -6.69. The minimum atomic E-state index is -5.19. The minimum absolute atomic E-state index is 0.0283. The number of aliphatic carboxylic acids is 1. The monoisotopic (exact) mass is 615 g/mol. The van der Waals surface area contributed by atoms with E-state index in [9.17, 15) is 40.2 Å². The van der Waals surface area contributed by atoms with Gasteiger partial charge in [-0.3, -0.25) is 8.37 Å². The van der Waals surface area contributed by atoms with Crippen LogP contribution in [0, 0.1) is 13.8 Å². The summed E-state index contributed by atoms with van der Waals surface area (Å²) in [5.74, 6) is -3.01. The lowest BCUT2D eigenvalue weighted by Crippen LogP contribution is -2.68. The van der Waals surface area contributed by atoms with Gasteiger partial charge in [0.25, 0.3) is 20.2 Å². The highest BCUT2D eigenvalue weighted by Gasteiger charge is 2.29. The fourth-order valence-corrected chi connectivity index (χ4v) is 4.83. The van der Waals surface area contributed by atoms with Gasteiger partial charge in [-0.15, -0.1) is 0 Å². The van der Waals surface area contributed by atoms with Gasteiger partial charge in [0.1, 0.15) is 24.2 Å². The van der Waals surface area contributed by atoms with Crippen molar-refractivity contribution < 1.29 is 64.2 Å². The molecule has 0 radical (unpaired) electrons. The van der Waals surface area contributed by atoms with Crippen LogP contribution in [0.1, 0.15) is 30.4 Å². The number of hydrogen-bond acceptors (Lipinski definition) is 10. The van der Waals surface area contributed by atoms with Crippen molar-refractivity contribution in [2.24, 2.45) is 0 Å². The molecule has 2 aromatic rings. The van der Waals surface area contributed by atoms with Crippen LogP contribution in [-0.2, 0) is 33.4 Å². The quantitative estimate of drug-likeness (QED) is 0.207. The van der Waals surface area contributed by atoms with Crippen molar-refractivity contribution in [1.29, 1.82) is 0 Å². The smallest absolute Gasteiger partial charge is 0.430 e. The van der Waals surface area contributed by atoms with Crippen LogP contribution in [0.4, 0.5) is 13.2 Å². The number of aryl methyl sites for hydroxylation is 2. The number of alkyl halides is 3. The molecule has 0 saturated carbocycles. The number of aliphatic hydroxyl groups is 2. The molecular formula is C24H32F3NO10S2. The molecule has 0 heterocycles. The highest BCUT2D eigenvalue weighted by atomic mass is 32.2. The van der Waals surface area contributed by atoms with Crippen LogP contribution in [0.2, 0.25) is 0 Å². The summed E-state index contributed by atoms with van der Waals surface area (Å²) in [4.78, 5) is 8.83. The maximum Gasteiger partial charge on any atom is 0.430 e. The van der Waals surface area contributed by atoms with E-state index in [2.05, 4.69) is 5.73 Å². The zero-order chi connectivity index (χ0) is 30.7. The third-order valence-electron chi connectivity index (χ3n) is 5.33. The second-order valence-corrected chi connectivity index (χ2v) is 12.0. The molecule has 0 bridgehead atoms. The summed E-state index contributed by atoms with van der Waals surface area (Å²) in [6, 6.07) is 11.8. The van der Waals surface area contributed by atoms with Crippen LogP contribution < -0.4 is 10.8 Å². The van der Waals surface area contributed by atoms with E-state index in [0.29, 0.717) is 19.3 Å². The summed E-state index contributed by atoms with van der Waals surface area (Å²) in [5.41, 5.74) is 5.63. The van der Waals surface area contributed by atoms with E-state index < -0.39 is 57.2 Å². The molecule has 0 aliphatic carbocycles. The molecule has 0 spiro atoms. The maximum absolute atomic E-state index is 12.2. The Labute approximate surface area is 230 Å². The number of quaternary nitrogens is 1. The van der Waals surface area contributed by atoms with E-state index >= 15 is 0 Å². The lowest BCUT2D eigenvalue weighted by molar-refractivity contribution is -0.444. The van der Waals surface area contributed by atoms with E-state index in [1.54, 1.807) is 24.3 Å². The van der Waals surface area contributed by atoms with Gasteiger partial charge in [-0.1, -0.05) is 35.4 Å². The molecule has 226 valence electrons. The number of rotatable bonds is 13. The Morgan fingerprint density at radius 3 is 1.68 bits per heavy atom. The first-order valence-electron chi connectivity index (χ1n) is 11.8. The number of benzene rings is 2. The normalized spacial score (nSPS) is 14.5. The molecule has 16 heteroatoms. The van der Waals surface area contributed by atoms with Crippen molar-refractivity contribution in [2.75, 3.05) is 13.2 Å². The molecule has 2 aromatic carbocycles. The van der Waals surface area contributed by atoms with Gasteiger partial charge in [0.05, 0.1) is 23.0 Å². The Hall–Kier alpha value is -2.60. The molecule has 0 unspecified atom stereocenters. The molecule has 2 rings (SSSR count). The van der Waals surface area contributed by atoms with Crippen LogP contribution in [-0.4, -0.2) is 70.7 Å². The van der Waals surface area contributed by atoms with Crippen LogP contribution in [0.5, 0.6) is 0 Å². The molecule has 0 aromatic heterocycles. The number of hydrogen-bond donors (Lipinski definition) is 3. The highest BCUT2D eigenvalue weighted by Crippen LogP contribution is 2.16. The lowest BCUT2D eigenvalue weighted by Gasteiger charge is -2.21. The average molecular weight is 616 g/mol. The van der Waals surface area contributed by atoms with E-state index in [4.69, 9.17) is 18.3 Å². The largest absolute Gasteiger partial charge is 0.542 e. The number of aliphatic hydroxyl groups excluding tert-OH is 2. The number of carbonyl (C=O) groups excluding carboxylic acids is 1. The second kappa shape index (κ2) is 15.4. The van der Waals surface area contributed by atoms with Crippen LogP contribution in [0.15, 0.2) is 58.3 Å². The molecule has 3 atom stereocenters. The van der Waals surface area contributed by atoms with Gasteiger partial charge in [0.15, 0.2) is 0 Å². The summed E-state index contributed by atoms with van der Waals surface area (Å²) in [5, 5.41) is 29.1. The average Bonchev–Trinajstić information content (AvgIpc) is 2.86. The molecule has 0 saturated heterocycles. The predicted octanol–water partition coefficient (Wildman–Crippen LogP) is 0.215. The van der Waals surface area contributed by atoms with Crippen molar-refractivity contribution >= 4 is 26.2 Å². The molecule has 5 N–H and O–H groups in total. The number of carbonyl (C=O) groups is 1. The first-order chi connectivity index (χ1) is 18.4. The van der Waals surface area contributed by atoms with Crippen LogP contribution in [0.3, 0.4) is 0 Å². The predicted molar refractivity (Wildman–Crippen MR) is 132 cm³/mol. The molecule has 0 aliphatic rings. The molecular weight excluding hydrogens is 583 g/mol. The Morgan fingerprint density at radius 1 is 0.875 bits per heavy atom. The van der Waals surface area contributed by atoms with Crippen molar-refractivity contribution in [3.05, 3.63) is 59.7 Å². The Balaban J connectivity index is 0.00000101. The summed E-state index contributed by atoms with van der Waals surface area (Å²) in [7, 11) is -7.89. The fourth-order valence-electron chi connectivity index (χ4n) is 2.97. The van der Waals surface area contributed by atoms with Crippen molar-refractivity contribution in [2.45, 2.75) is 67.3 Å². The third kappa shape index (κ3) is 12.3. The minimum Gasteiger partial charge on any atom is -0.542 e. The number of halogens is 3. The number of carboxylic acid groups (broad SMARTS) is 1. The van der Waals surface area contributed by atoms with E-state index in [1.807, 2.05) is 13.8 Å².